The zero-order valence-electron chi connectivity index (χ0n) is 8.83. The van der Waals surface area contributed by atoms with E-state index in [1.54, 1.807) is 23.9 Å². The minimum absolute atomic E-state index is 0.0552. The van der Waals surface area contributed by atoms with Crippen molar-refractivity contribution >= 4 is 17.5 Å². The Hall–Kier alpha value is -1.00. The summed E-state index contributed by atoms with van der Waals surface area (Å²) in [6.45, 7) is 1.85. The maximum absolute atomic E-state index is 11.7. The molecule has 1 amide bonds. The first-order chi connectivity index (χ1) is 7.08. The van der Waals surface area contributed by atoms with E-state index in [1.165, 1.54) is 0 Å². The second-order valence-corrected chi connectivity index (χ2v) is 3.85. The smallest absolute Gasteiger partial charge is 0.268 e. The van der Waals surface area contributed by atoms with E-state index in [0.717, 1.165) is 0 Å². The minimum Gasteiger partial charge on any atom is -0.394 e. The SMILES string of the molecule is CC[C@@H](CO)NC(=O)c1cc(Cl)cn1C. The van der Waals surface area contributed by atoms with Crippen molar-refractivity contribution in [2.45, 2.75) is 19.4 Å². The van der Waals surface area contributed by atoms with Crippen LogP contribution >= 0.6 is 11.6 Å². The van der Waals surface area contributed by atoms with Gasteiger partial charge in [-0.25, -0.2) is 0 Å². The normalized spacial score (nSPS) is 12.5. The Bertz CT molecular complexity index is 345. The van der Waals surface area contributed by atoms with Crippen LogP contribution in [0.5, 0.6) is 0 Å². The number of rotatable bonds is 4. The zero-order valence-corrected chi connectivity index (χ0v) is 9.58. The highest BCUT2D eigenvalue weighted by molar-refractivity contribution is 6.31. The minimum atomic E-state index is -0.217. The molecule has 15 heavy (non-hydrogen) atoms. The van der Waals surface area contributed by atoms with Crippen molar-refractivity contribution in [1.29, 1.82) is 0 Å². The maximum Gasteiger partial charge on any atom is 0.268 e. The predicted molar refractivity (Wildman–Crippen MR) is 59.1 cm³/mol. The molecule has 0 radical (unpaired) electrons. The van der Waals surface area contributed by atoms with Crippen molar-refractivity contribution in [2.24, 2.45) is 7.05 Å². The van der Waals surface area contributed by atoms with E-state index in [2.05, 4.69) is 5.32 Å². The van der Waals surface area contributed by atoms with Gasteiger partial charge in [0.1, 0.15) is 5.69 Å². The Morgan fingerprint density at radius 1 is 1.73 bits per heavy atom. The summed E-state index contributed by atoms with van der Waals surface area (Å²) < 4.78 is 1.65. The number of aromatic nitrogens is 1. The van der Waals surface area contributed by atoms with Crippen LogP contribution in [0.3, 0.4) is 0 Å². The van der Waals surface area contributed by atoms with Crippen LogP contribution < -0.4 is 5.32 Å². The molecule has 0 unspecified atom stereocenters. The van der Waals surface area contributed by atoms with Gasteiger partial charge in [-0.1, -0.05) is 18.5 Å². The van der Waals surface area contributed by atoms with E-state index in [0.29, 0.717) is 17.1 Å². The molecule has 0 bridgehead atoms. The summed E-state index contributed by atoms with van der Waals surface area (Å²) in [5.41, 5.74) is 0.493. The number of nitrogens with zero attached hydrogens (tertiary/aromatic N) is 1. The molecule has 0 aliphatic heterocycles. The Kier molecular flexibility index (Phi) is 4.17. The molecule has 1 atom stereocenters. The maximum atomic E-state index is 11.7. The first-order valence-corrected chi connectivity index (χ1v) is 5.19. The number of aryl methyl sites for hydroxylation is 1. The number of amides is 1. The molecule has 1 aromatic rings. The number of aliphatic hydroxyl groups excluding tert-OH is 1. The molecule has 84 valence electrons. The molecule has 4 nitrogen and oxygen atoms in total. The highest BCUT2D eigenvalue weighted by atomic mass is 35.5. The van der Waals surface area contributed by atoms with Crippen LogP contribution in [-0.2, 0) is 7.05 Å². The third-order valence-corrected chi connectivity index (χ3v) is 2.46. The van der Waals surface area contributed by atoms with Gasteiger partial charge in [0.2, 0.25) is 0 Å². The number of nitrogens with one attached hydrogen (secondary N) is 1. The number of hydrogen-bond acceptors (Lipinski definition) is 2. The van der Waals surface area contributed by atoms with Gasteiger partial charge < -0.3 is 15.0 Å². The summed E-state index contributed by atoms with van der Waals surface area (Å²) >= 11 is 5.76. The first kappa shape index (κ1) is 12.1. The summed E-state index contributed by atoms with van der Waals surface area (Å²) in [6.07, 6.45) is 2.36. The van der Waals surface area contributed by atoms with E-state index in [9.17, 15) is 4.79 Å². The van der Waals surface area contributed by atoms with Crippen molar-refractivity contribution < 1.29 is 9.90 Å². The third kappa shape index (κ3) is 2.97. The van der Waals surface area contributed by atoms with Crippen LogP contribution in [0.2, 0.25) is 5.02 Å². The Morgan fingerprint density at radius 2 is 2.40 bits per heavy atom. The standard InChI is InChI=1S/C10H15ClN2O2/c1-3-8(6-14)12-10(15)9-4-7(11)5-13(9)2/h4-5,8,14H,3,6H2,1-2H3,(H,12,15)/t8-/m0/s1. The molecule has 1 aromatic heterocycles. The van der Waals surface area contributed by atoms with Crippen LogP contribution in [0.1, 0.15) is 23.8 Å². The Labute approximate surface area is 93.8 Å². The zero-order chi connectivity index (χ0) is 11.4. The van der Waals surface area contributed by atoms with Crippen LogP contribution in [-0.4, -0.2) is 28.2 Å². The van der Waals surface area contributed by atoms with Crippen molar-refractivity contribution in [3.8, 4) is 0 Å². The van der Waals surface area contributed by atoms with Crippen molar-refractivity contribution in [1.82, 2.24) is 9.88 Å². The monoisotopic (exact) mass is 230 g/mol. The summed E-state index contributed by atoms with van der Waals surface area (Å²) in [5, 5.41) is 12.2. The second kappa shape index (κ2) is 5.19. The van der Waals surface area contributed by atoms with Gasteiger partial charge in [-0.3, -0.25) is 4.79 Å². The lowest BCUT2D eigenvalue weighted by atomic mass is 10.2. The highest BCUT2D eigenvalue weighted by Gasteiger charge is 2.14. The van der Waals surface area contributed by atoms with Gasteiger partial charge in [0.25, 0.3) is 5.91 Å². The van der Waals surface area contributed by atoms with Crippen molar-refractivity contribution in [2.75, 3.05) is 6.61 Å². The summed E-state index contributed by atoms with van der Waals surface area (Å²) in [6, 6.07) is 1.40. The second-order valence-electron chi connectivity index (χ2n) is 3.42. The fourth-order valence-electron chi connectivity index (χ4n) is 1.29. The fourth-order valence-corrected chi connectivity index (χ4v) is 1.54. The number of carbonyl (C=O) groups excluding carboxylic acids is 1. The first-order valence-electron chi connectivity index (χ1n) is 4.82. The molecular formula is C10H15ClN2O2. The van der Waals surface area contributed by atoms with E-state index in [4.69, 9.17) is 16.7 Å². The van der Waals surface area contributed by atoms with Gasteiger partial charge in [0.15, 0.2) is 0 Å². The van der Waals surface area contributed by atoms with E-state index in [1.807, 2.05) is 6.92 Å². The van der Waals surface area contributed by atoms with Crippen LogP contribution in [0.25, 0.3) is 0 Å². The molecule has 1 heterocycles. The van der Waals surface area contributed by atoms with Gasteiger partial charge in [-0.2, -0.15) is 0 Å². The molecule has 0 aliphatic rings. The highest BCUT2D eigenvalue weighted by Crippen LogP contribution is 2.12. The lowest BCUT2D eigenvalue weighted by molar-refractivity contribution is 0.0906. The molecule has 5 heteroatoms. The van der Waals surface area contributed by atoms with Gasteiger partial charge in [-0.15, -0.1) is 0 Å². The van der Waals surface area contributed by atoms with Crippen LogP contribution in [0, 0.1) is 0 Å². The number of halogens is 1. The number of hydrogen-bond donors (Lipinski definition) is 2. The van der Waals surface area contributed by atoms with Crippen LogP contribution in [0.15, 0.2) is 12.3 Å². The molecule has 0 saturated carbocycles. The van der Waals surface area contributed by atoms with Crippen LogP contribution in [0.4, 0.5) is 0 Å². The van der Waals surface area contributed by atoms with Crippen molar-refractivity contribution in [3.63, 3.8) is 0 Å². The molecule has 0 saturated heterocycles. The van der Waals surface area contributed by atoms with E-state index < -0.39 is 0 Å². The topological polar surface area (TPSA) is 54.3 Å². The average Bonchev–Trinajstić information content (AvgIpc) is 2.54. The van der Waals surface area contributed by atoms with E-state index in [-0.39, 0.29) is 18.6 Å². The van der Waals surface area contributed by atoms with Gasteiger partial charge in [-0.05, 0) is 12.5 Å². The molecule has 0 aliphatic carbocycles. The molecule has 0 fully saturated rings. The van der Waals surface area contributed by atoms with Gasteiger partial charge >= 0.3 is 0 Å². The van der Waals surface area contributed by atoms with E-state index >= 15 is 0 Å². The number of carbonyl (C=O) groups is 1. The van der Waals surface area contributed by atoms with Crippen molar-refractivity contribution in [3.05, 3.63) is 23.0 Å². The quantitative estimate of drug-likeness (QED) is 0.816. The third-order valence-electron chi connectivity index (χ3n) is 2.25. The predicted octanol–water partition coefficient (Wildman–Crippen LogP) is 1.18. The Morgan fingerprint density at radius 3 is 2.80 bits per heavy atom. The lowest BCUT2D eigenvalue weighted by Gasteiger charge is -2.13. The summed E-state index contributed by atoms with van der Waals surface area (Å²) in [7, 11) is 1.75. The average molecular weight is 231 g/mol. The molecule has 1 rings (SSSR count). The molecular weight excluding hydrogens is 216 g/mol. The van der Waals surface area contributed by atoms with Gasteiger partial charge in [0, 0.05) is 13.2 Å². The lowest BCUT2D eigenvalue weighted by Crippen LogP contribution is -2.37. The summed E-state index contributed by atoms with van der Waals surface area (Å²) in [4.78, 5) is 11.7. The largest absolute Gasteiger partial charge is 0.394 e. The molecule has 2 N–H and O–H groups in total. The summed E-state index contributed by atoms with van der Waals surface area (Å²) in [5.74, 6) is -0.217. The van der Waals surface area contributed by atoms with Gasteiger partial charge in [0.05, 0.1) is 17.7 Å². The molecule has 0 spiro atoms. The Balaban J connectivity index is 2.72. The molecule has 0 aromatic carbocycles. The number of aliphatic hydroxyl groups is 1. The fraction of sp³-hybridized carbons (Fsp3) is 0.500.